The molecule has 0 bridgehead atoms. The molecule has 10 heteroatoms. The van der Waals surface area contributed by atoms with Crippen LogP contribution in [-0.4, -0.2) is 67.4 Å². The topological polar surface area (TPSA) is 50.8 Å². The zero-order valence-electron chi connectivity index (χ0n) is 21.0. The van der Waals surface area contributed by atoms with E-state index in [9.17, 15) is 18.3 Å². The van der Waals surface area contributed by atoms with Crippen LogP contribution in [0.4, 0.5) is 13.2 Å². The first-order valence-electron chi connectivity index (χ1n) is 12.8. The van der Waals surface area contributed by atoms with E-state index in [0.717, 1.165) is 56.7 Å². The second kappa shape index (κ2) is 12.2. The van der Waals surface area contributed by atoms with Crippen molar-refractivity contribution in [2.45, 2.75) is 49.7 Å². The lowest BCUT2D eigenvalue weighted by Crippen LogP contribution is -2.48. The number of nitrogens with zero attached hydrogens (tertiary/aromatic N) is 2. The SMILES string of the molecule is CN1CCCNC(NCCC(c2ccc(Cl)c(Cl)c2)N2CCC(O)(c3cccc(C(F)(F)F)c3)CC2)C1. The molecular formula is C27H35Cl2F3N4O. The van der Waals surface area contributed by atoms with E-state index >= 15 is 0 Å². The molecule has 204 valence electrons. The largest absolute Gasteiger partial charge is 0.416 e. The summed E-state index contributed by atoms with van der Waals surface area (Å²) in [6, 6.07) is 10.8. The molecule has 2 atom stereocenters. The molecule has 5 nitrogen and oxygen atoms in total. The van der Waals surface area contributed by atoms with Crippen molar-refractivity contribution in [2.24, 2.45) is 0 Å². The molecule has 0 saturated carbocycles. The summed E-state index contributed by atoms with van der Waals surface area (Å²) in [6.07, 6.45) is -1.64. The van der Waals surface area contributed by atoms with Crippen molar-refractivity contribution in [1.82, 2.24) is 20.4 Å². The van der Waals surface area contributed by atoms with Crippen molar-refractivity contribution >= 4 is 23.2 Å². The lowest BCUT2D eigenvalue weighted by atomic mass is 9.82. The Morgan fingerprint density at radius 1 is 1.11 bits per heavy atom. The third kappa shape index (κ3) is 7.38. The Bertz CT molecular complexity index is 1050. The van der Waals surface area contributed by atoms with E-state index in [1.54, 1.807) is 12.1 Å². The van der Waals surface area contributed by atoms with Gasteiger partial charge in [0, 0.05) is 25.7 Å². The molecule has 0 aromatic heterocycles. The second-order valence-corrected chi connectivity index (χ2v) is 11.0. The van der Waals surface area contributed by atoms with Crippen LogP contribution in [0.1, 0.15) is 48.4 Å². The van der Waals surface area contributed by atoms with Crippen LogP contribution < -0.4 is 10.6 Å². The molecule has 2 aliphatic heterocycles. The quantitative estimate of drug-likeness (QED) is 0.432. The number of aliphatic hydroxyl groups is 1. The minimum atomic E-state index is -4.44. The first kappa shape index (κ1) is 28.6. The van der Waals surface area contributed by atoms with Gasteiger partial charge in [0.25, 0.3) is 0 Å². The van der Waals surface area contributed by atoms with E-state index in [2.05, 4.69) is 27.5 Å². The molecule has 3 N–H and O–H groups in total. The van der Waals surface area contributed by atoms with Crippen molar-refractivity contribution in [3.8, 4) is 0 Å². The number of halogens is 5. The van der Waals surface area contributed by atoms with Gasteiger partial charge in [-0.15, -0.1) is 0 Å². The predicted octanol–water partition coefficient (Wildman–Crippen LogP) is 5.27. The average molecular weight is 560 g/mol. The van der Waals surface area contributed by atoms with E-state index in [1.165, 1.54) is 6.07 Å². The summed E-state index contributed by atoms with van der Waals surface area (Å²) >= 11 is 12.5. The Balaban J connectivity index is 1.46. The van der Waals surface area contributed by atoms with Gasteiger partial charge in [-0.25, -0.2) is 0 Å². The van der Waals surface area contributed by atoms with Crippen LogP contribution in [0, 0.1) is 0 Å². The molecule has 2 aliphatic rings. The van der Waals surface area contributed by atoms with Gasteiger partial charge >= 0.3 is 6.18 Å². The van der Waals surface area contributed by atoms with Gasteiger partial charge in [0.05, 0.1) is 27.4 Å². The highest BCUT2D eigenvalue weighted by Gasteiger charge is 2.38. The van der Waals surface area contributed by atoms with Crippen molar-refractivity contribution in [2.75, 3.05) is 46.3 Å². The molecule has 2 aromatic rings. The fraction of sp³-hybridized carbons (Fsp3) is 0.556. The summed E-state index contributed by atoms with van der Waals surface area (Å²) in [5, 5.41) is 19.5. The first-order valence-corrected chi connectivity index (χ1v) is 13.6. The maximum atomic E-state index is 13.3. The normalized spacial score (nSPS) is 22.5. The Morgan fingerprint density at radius 2 is 1.86 bits per heavy atom. The number of piperidine rings is 1. The molecule has 37 heavy (non-hydrogen) atoms. The molecule has 2 saturated heterocycles. The maximum absolute atomic E-state index is 13.3. The highest BCUT2D eigenvalue weighted by atomic mass is 35.5. The van der Waals surface area contributed by atoms with Crippen LogP contribution in [-0.2, 0) is 11.8 Å². The molecule has 0 aliphatic carbocycles. The van der Waals surface area contributed by atoms with Crippen LogP contribution in [0.25, 0.3) is 0 Å². The minimum absolute atomic E-state index is 0.0248. The molecule has 4 rings (SSSR count). The number of hydrogen-bond acceptors (Lipinski definition) is 5. The van der Waals surface area contributed by atoms with E-state index in [1.807, 2.05) is 12.1 Å². The first-order chi connectivity index (χ1) is 17.5. The number of nitrogens with one attached hydrogen (secondary N) is 2. The van der Waals surface area contributed by atoms with Crippen LogP contribution >= 0.6 is 23.2 Å². The smallest absolute Gasteiger partial charge is 0.385 e. The summed E-state index contributed by atoms with van der Waals surface area (Å²) in [7, 11) is 2.12. The molecule has 2 unspecified atom stereocenters. The summed E-state index contributed by atoms with van der Waals surface area (Å²) in [6.45, 7) is 4.82. The second-order valence-electron chi connectivity index (χ2n) is 10.2. The number of likely N-dealkylation sites (tertiary alicyclic amines) is 1. The van der Waals surface area contributed by atoms with Crippen LogP contribution in [0.2, 0.25) is 10.0 Å². The van der Waals surface area contributed by atoms with Gasteiger partial charge in [0.15, 0.2) is 0 Å². The molecule has 2 aromatic carbocycles. The summed E-state index contributed by atoms with van der Waals surface area (Å²) in [5.74, 6) is 0. The predicted molar refractivity (Wildman–Crippen MR) is 142 cm³/mol. The lowest BCUT2D eigenvalue weighted by molar-refractivity contribution is -0.137. The summed E-state index contributed by atoms with van der Waals surface area (Å²) in [5.41, 5.74) is -0.684. The van der Waals surface area contributed by atoms with Gasteiger partial charge in [-0.2, -0.15) is 13.2 Å². The summed E-state index contributed by atoms with van der Waals surface area (Å²) < 4.78 is 39.8. The van der Waals surface area contributed by atoms with Gasteiger partial charge < -0.3 is 20.6 Å². The molecule has 2 heterocycles. The van der Waals surface area contributed by atoms with E-state index in [-0.39, 0.29) is 12.2 Å². The van der Waals surface area contributed by atoms with Gasteiger partial charge in [-0.3, -0.25) is 4.90 Å². The van der Waals surface area contributed by atoms with Crippen LogP contribution in [0.15, 0.2) is 42.5 Å². The van der Waals surface area contributed by atoms with Crippen molar-refractivity contribution < 1.29 is 18.3 Å². The van der Waals surface area contributed by atoms with Crippen LogP contribution in [0.5, 0.6) is 0 Å². The monoisotopic (exact) mass is 558 g/mol. The van der Waals surface area contributed by atoms with Crippen molar-refractivity contribution in [3.63, 3.8) is 0 Å². The number of likely N-dealkylation sites (N-methyl/N-ethyl adjacent to an activating group) is 1. The van der Waals surface area contributed by atoms with E-state index < -0.39 is 17.3 Å². The summed E-state index contributed by atoms with van der Waals surface area (Å²) in [4.78, 5) is 4.60. The minimum Gasteiger partial charge on any atom is -0.385 e. The number of hydrogen-bond donors (Lipinski definition) is 3. The lowest BCUT2D eigenvalue weighted by Gasteiger charge is -2.42. The number of benzene rings is 2. The third-order valence-electron chi connectivity index (χ3n) is 7.53. The molecule has 0 amide bonds. The maximum Gasteiger partial charge on any atom is 0.416 e. The van der Waals surface area contributed by atoms with E-state index in [4.69, 9.17) is 23.2 Å². The van der Waals surface area contributed by atoms with Gasteiger partial charge in [-0.1, -0.05) is 41.4 Å². The fourth-order valence-electron chi connectivity index (χ4n) is 5.38. The number of alkyl halides is 3. The van der Waals surface area contributed by atoms with Crippen molar-refractivity contribution in [1.29, 1.82) is 0 Å². The van der Waals surface area contributed by atoms with Crippen LogP contribution in [0.3, 0.4) is 0 Å². The Kier molecular flexibility index (Phi) is 9.43. The van der Waals surface area contributed by atoms with Gasteiger partial charge in [0.1, 0.15) is 0 Å². The Morgan fingerprint density at radius 3 is 2.57 bits per heavy atom. The molecular weight excluding hydrogens is 524 g/mol. The third-order valence-corrected chi connectivity index (χ3v) is 8.27. The Hall–Kier alpha value is -1.39. The molecule has 2 fully saturated rings. The fourth-order valence-corrected chi connectivity index (χ4v) is 5.69. The van der Waals surface area contributed by atoms with E-state index in [0.29, 0.717) is 41.5 Å². The Labute approximate surface area is 226 Å². The zero-order valence-corrected chi connectivity index (χ0v) is 22.5. The standard InChI is InChI=1S/C27H35Cl2F3N4O/c1-35-13-3-11-33-25(18-35)34-12-8-24(19-6-7-22(28)23(29)16-19)36-14-9-26(37,10-15-36)20-4-2-5-21(17-20)27(30,31)32/h2,4-7,16-17,24-25,33-34,37H,3,8-15,18H2,1H3. The number of rotatable bonds is 7. The highest BCUT2D eigenvalue weighted by molar-refractivity contribution is 6.42. The van der Waals surface area contributed by atoms with Gasteiger partial charge in [-0.05, 0) is 87.8 Å². The zero-order chi connectivity index (χ0) is 26.6. The highest BCUT2D eigenvalue weighted by Crippen LogP contribution is 2.39. The average Bonchev–Trinajstić information content (AvgIpc) is 3.08. The van der Waals surface area contributed by atoms with Crippen molar-refractivity contribution in [3.05, 3.63) is 69.2 Å². The van der Waals surface area contributed by atoms with Gasteiger partial charge in [0.2, 0.25) is 0 Å². The molecule has 0 radical (unpaired) electrons. The molecule has 0 spiro atoms.